The molecule has 0 aliphatic heterocycles. The molecule has 0 saturated carbocycles. The first-order valence-corrected chi connectivity index (χ1v) is 17.2. The Labute approximate surface area is 280 Å². The molecule has 1 N–H and O–H groups in total. The third-order valence-corrected chi connectivity index (χ3v) is 9.99. The van der Waals surface area contributed by atoms with Gasteiger partial charge in [-0.05, 0) is 80.4 Å². The molecule has 0 radical (unpaired) electrons. The molecule has 0 saturated heterocycles. The number of amides is 2. The van der Waals surface area contributed by atoms with Gasteiger partial charge in [-0.25, -0.2) is 8.42 Å². The summed E-state index contributed by atoms with van der Waals surface area (Å²) in [5, 5.41) is 3.60. The Kier molecular flexibility index (Phi) is 12.1. The zero-order valence-electron chi connectivity index (χ0n) is 25.9. The van der Waals surface area contributed by atoms with E-state index in [9.17, 15) is 18.0 Å². The Balaban J connectivity index is 1.74. The molecule has 2 atom stereocenters. The average molecular weight is 683 g/mol. The number of ether oxygens (including phenoxy) is 1. The highest BCUT2D eigenvalue weighted by Crippen LogP contribution is 2.30. The van der Waals surface area contributed by atoms with E-state index in [2.05, 4.69) is 5.32 Å². The average Bonchev–Trinajstić information content (AvgIpc) is 3.06. The van der Waals surface area contributed by atoms with E-state index in [-0.39, 0.29) is 35.5 Å². The number of para-hydroxylation sites is 1. The lowest BCUT2D eigenvalue weighted by molar-refractivity contribution is -0.140. The summed E-state index contributed by atoms with van der Waals surface area (Å²) in [4.78, 5) is 29.2. The number of carbonyl (C=O) groups excluding carboxylic acids is 2. The van der Waals surface area contributed by atoms with E-state index < -0.39 is 28.5 Å². The van der Waals surface area contributed by atoms with Crippen LogP contribution >= 0.6 is 23.2 Å². The highest BCUT2D eigenvalue weighted by Gasteiger charge is 2.34. The fourth-order valence-electron chi connectivity index (χ4n) is 4.77. The fraction of sp³-hybridized carbons (Fsp3) is 0.257. The molecule has 2 amide bonds. The van der Waals surface area contributed by atoms with Crippen molar-refractivity contribution < 1.29 is 22.7 Å². The van der Waals surface area contributed by atoms with E-state index in [0.717, 1.165) is 4.31 Å². The number of sulfonamides is 1. The smallest absolute Gasteiger partial charge is 0.264 e. The van der Waals surface area contributed by atoms with Gasteiger partial charge in [0.1, 0.15) is 24.1 Å². The summed E-state index contributed by atoms with van der Waals surface area (Å²) in [6.07, 6.45) is 0.965. The largest absolute Gasteiger partial charge is 0.457 e. The third-order valence-electron chi connectivity index (χ3n) is 7.49. The normalized spacial score (nSPS) is 12.5. The molecule has 4 rings (SSSR count). The highest BCUT2D eigenvalue weighted by molar-refractivity contribution is 7.92. The number of hydrogen-bond acceptors (Lipinski definition) is 5. The molecular formula is C35H37Cl2N3O5S. The second-order valence-corrected chi connectivity index (χ2v) is 13.4. The van der Waals surface area contributed by atoms with Crippen LogP contribution in [0, 0.1) is 0 Å². The topological polar surface area (TPSA) is 96.0 Å². The number of nitrogens with zero attached hydrogens (tertiary/aromatic N) is 2. The molecule has 0 fully saturated rings. The Bertz CT molecular complexity index is 1700. The van der Waals surface area contributed by atoms with Gasteiger partial charge in [0.25, 0.3) is 10.0 Å². The number of benzene rings is 4. The van der Waals surface area contributed by atoms with Gasteiger partial charge in [-0.2, -0.15) is 0 Å². The number of rotatable bonds is 14. The van der Waals surface area contributed by atoms with Crippen molar-refractivity contribution >= 4 is 50.7 Å². The van der Waals surface area contributed by atoms with Crippen molar-refractivity contribution in [3.63, 3.8) is 0 Å². The minimum atomic E-state index is -4.23. The minimum absolute atomic E-state index is 0.00895. The van der Waals surface area contributed by atoms with E-state index in [4.69, 9.17) is 27.9 Å². The molecule has 46 heavy (non-hydrogen) atoms. The minimum Gasteiger partial charge on any atom is -0.457 e. The lowest BCUT2D eigenvalue weighted by Gasteiger charge is -2.34. The van der Waals surface area contributed by atoms with Crippen LogP contribution in [-0.2, 0) is 26.2 Å². The van der Waals surface area contributed by atoms with Crippen LogP contribution in [-0.4, -0.2) is 43.8 Å². The second kappa shape index (κ2) is 16.0. The van der Waals surface area contributed by atoms with Crippen molar-refractivity contribution in [3.05, 3.63) is 119 Å². The first-order chi connectivity index (χ1) is 22.0. The van der Waals surface area contributed by atoms with Crippen LogP contribution in [0.3, 0.4) is 0 Å². The Morgan fingerprint density at radius 1 is 0.783 bits per heavy atom. The molecule has 0 aliphatic carbocycles. The number of anilines is 1. The van der Waals surface area contributed by atoms with E-state index in [1.165, 1.54) is 17.0 Å². The van der Waals surface area contributed by atoms with Crippen molar-refractivity contribution in [2.24, 2.45) is 0 Å². The van der Waals surface area contributed by atoms with Gasteiger partial charge in [-0.15, -0.1) is 0 Å². The quantitative estimate of drug-likeness (QED) is 0.147. The molecule has 4 aromatic carbocycles. The van der Waals surface area contributed by atoms with Crippen molar-refractivity contribution in [2.45, 2.75) is 57.1 Å². The predicted octanol–water partition coefficient (Wildman–Crippen LogP) is 7.70. The summed E-state index contributed by atoms with van der Waals surface area (Å²) in [7, 11) is -4.23. The van der Waals surface area contributed by atoms with E-state index in [0.29, 0.717) is 33.5 Å². The van der Waals surface area contributed by atoms with Crippen molar-refractivity contribution in [2.75, 3.05) is 10.8 Å². The first kappa shape index (κ1) is 34.8. The number of carbonyl (C=O) groups is 2. The highest BCUT2D eigenvalue weighted by atomic mass is 35.5. The summed E-state index contributed by atoms with van der Waals surface area (Å²) in [5.74, 6) is 0.148. The van der Waals surface area contributed by atoms with Crippen LogP contribution < -0.4 is 14.4 Å². The predicted molar refractivity (Wildman–Crippen MR) is 183 cm³/mol. The first-order valence-electron chi connectivity index (χ1n) is 15.0. The van der Waals surface area contributed by atoms with Gasteiger partial charge in [-0.1, -0.05) is 79.5 Å². The molecule has 0 heterocycles. The molecule has 0 aliphatic rings. The zero-order valence-corrected chi connectivity index (χ0v) is 28.2. The van der Waals surface area contributed by atoms with Crippen LogP contribution in [0.1, 0.15) is 39.2 Å². The third kappa shape index (κ3) is 8.60. The number of halogens is 2. The maximum absolute atomic E-state index is 14.3. The monoisotopic (exact) mass is 681 g/mol. The van der Waals surface area contributed by atoms with E-state index in [1.54, 1.807) is 79.7 Å². The van der Waals surface area contributed by atoms with E-state index >= 15 is 0 Å². The van der Waals surface area contributed by atoms with Gasteiger partial charge in [-0.3, -0.25) is 13.9 Å². The SMILES string of the molecule is CC[C@H](C)NC(=O)[C@H](CC)N(Cc1c(Cl)cccc1Cl)C(=O)CN(c1ccc(Oc2ccccc2)cc1)S(=O)(=O)c1ccccc1. The van der Waals surface area contributed by atoms with Gasteiger partial charge >= 0.3 is 0 Å². The van der Waals surface area contributed by atoms with E-state index in [1.807, 2.05) is 32.0 Å². The summed E-state index contributed by atoms with van der Waals surface area (Å²) in [6.45, 7) is 4.92. The summed E-state index contributed by atoms with van der Waals surface area (Å²) in [6, 6.07) is 27.4. The molecule has 0 spiro atoms. The van der Waals surface area contributed by atoms with Gasteiger partial charge in [0.15, 0.2) is 0 Å². The Morgan fingerprint density at radius 2 is 1.35 bits per heavy atom. The van der Waals surface area contributed by atoms with Crippen LogP contribution in [0.4, 0.5) is 5.69 Å². The van der Waals surface area contributed by atoms with Crippen molar-refractivity contribution in [1.29, 1.82) is 0 Å². The molecule has 242 valence electrons. The van der Waals surface area contributed by atoms with Gasteiger partial charge in [0, 0.05) is 28.2 Å². The molecule has 8 nitrogen and oxygen atoms in total. The zero-order chi connectivity index (χ0) is 33.3. The molecule has 0 aromatic heterocycles. The fourth-order valence-corrected chi connectivity index (χ4v) is 6.72. The van der Waals surface area contributed by atoms with Crippen LogP contribution in [0.5, 0.6) is 11.5 Å². The van der Waals surface area contributed by atoms with Crippen molar-refractivity contribution in [3.8, 4) is 11.5 Å². The molecule has 0 bridgehead atoms. The Morgan fingerprint density at radius 3 is 1.91 bits per heavy atom. The molecule has 11 heteroatoms. The second-order valence-electron chi connectivity index (χ2n) is 10.7. The molecular weight excluding hydrogens is 645 g/mol. The summed E-state index contributed by atoms with van der Waals surface area (Å²) < 4.78 is 35.1. The lowest BCUT2D eigenvalue weighted by atomic mass is 10.1. The van der Waals surface area contributed by atoms with Gasteiger partial charge in [0.2, 0.25) is 11.8 Å². The number of hydrogen-bond donors (Lipinski definition) is 1. The van der Waals surface area contributed by atoms with Crippen molar-refractivity contribution in [1.82, 2.24) is 10.2 Å². The van der Waals surface area contributed by atoms with Crippen LogP contribution in [0.25, 0.3) is 0 Å². The van der Waals surface area contributed by atoms with Gasteiger partial charge < -0.3 is 15.0 Å². The van der Waals surface area contributed by atoms with Crippen LogP contribution in [0.15, 0.2) is 108 Å². The number of nitrogens with one attached hydrogen (secondary N) is 1. The maximum Gasteiger partial charge on any atom is 0.264 e. The molecule has 0 unspecified atom stereocenters. The summed E-state index contributed by atoms with van der Waals surface area (Å²) >= 11 is 13.0. The standard InChI is InChI=1S/C35H37Cl2N3O5S/c1-4-25(3)38-35(42)33(5-2)39(23-30-31(36)17-12-18-32(30)37)34(41)24-40(46(43,44)29-15-10-7-11-16-29)26-19-21-28(22-20-26)45-27-13-8-6-9-14-27/h6-22,25,33H,4-5,23-24H2,1-3H3,(H,38,42)/t25-,33-/m0/s1. The van der Waals surface area contributed by atoms with Crippen LogP contribution in [0.2, 0.25) is 10.0 Å². The molecule has 4 aromatic rings. The maximum atomic E-state index is 14.3. The Hall–Kier alpha value is -4.05. The van der Waals surface area contributed by atoms with Gasteiger partial charge in [0.05, 0.1) is 10.6 Å². The lowest BCUT2D eigenvalue weighted by Crippen LogP contribution is -2.53. The summed E-state index contributed by atoms with van der Waals surface area (Å²) in [5.41, 5.74) is 0.694.